The quantitative estimate of drug-likeness (QED) is 0.835. The van der Waals surface area contributed by atoms with Crippen LogP contribution in [0.25, 0.3) is 0 Å². The molecule has 1 N–H and O–H groups in total. The van der Waals surface area contributed by atoms with Gasteiger partial charge in [0, 0.05) is 13.0 Å². The number of para-hydroxylation sites is 1. The monoisotopic (exact) mass is 380 g/mol. The highest BCUT2D eigenvalue weighted by Gasteiger charge is 2.30. The van der Waals surface area contributed by atoms with Gasteiger partial charge in [-0.3, -0.25) is 9.69 Å². The Morgan fingerprint density at radius 1 is 1.14 bits per heavy atom. The third-order valence-corrected chi connectivity index (χ3v) is 5.74. The number of nitrogens with zero attached hydrogens (tertiary/aromatic N) is 1. The van der Waals surface area contributed by atoms with E-state index in [0.29, 0.717) is 13.0 Å². The number of hydrogen-bond donors (Lipinski definition) is 1. The molecule has 2 atom stereocenters. The number of amides is 1. The van der Waals surface area contributed by atoms with Crippen LogP contribution in [0.15, 0.2) is 48.5 Å². The first kappa shape index (κ1) is 18.8. The predicted octanol–water partition coefficient (Wildman–Crippen LogP) is 3.34. The number of carbonyl (C=O) groups is 1. The van der Waals surface area contributed by atoms with Crippen molar-refractivity contribution in [3.8, 4) is 11.5 Å². The molecule has 0 radical (unpaired) electrons. The van der Waals surface area contributed by atoms with E-state index < -0.39 is 6.10 Å². The van der Waals surface area contributed by atoms with E-state index in [1.54, 1.807) is 7.11 Å². The lowest BCUT2D eigenvalue weighted by Gasteiger charge is -2.35. The van der Waals surface area contributed by atoms with Crippen LogP contribution in [-0.2, 0) is 11.2 Å². The van der Waals surface area contributed by atoms with Crippen LogP contribution in [0.2, 0.25) is 0 Å². The molecule has 0 unspecified atom stereocenters. The maximum absolute atomic E-state index is 12.8. The number of likely N-dealkylation sites (tertiary alicyclic amines) is 1. The second-order valence-corrected chi connectivity index (χ2v) is 7.55. The highest BCUT2D eigenvalue weighted by molar-refractivity contribution is 5.82. The lowest BCUT2D eigenvalue weighted by atomic mass is 10.0. The molecular weight excluding hydrogens is 352 g/mol. The third-order valence-electron chi connectivity index (χ3n) is 5.74. The van der Waals surface area contributed by atoms with E-state index >= 15 is 0 Å². The lowest BCUT2D eigenvalue weighted by Crippen LogP contribution is -2.44. The number of nitrogens with one attached hydrogen (secondary N) is 1. The van der Waals surface area contributed by atoms with Crippen LogP contribution < -0.4 is 14.8 Å². The van der Waals surface area contributed by atoms with Gasteiger partial charge < -0.3 is 14.8 Å². The fourth-order valence-electron chi connectivity index (χ4n) is 4.15. The second-order valence-electron chi connectivity index (χ2n) is 7.55. The molecule has 1 amide bonds. The highest BCUT2D eigenvalue weighted by atomic mass is 16.5. The summed E-state index contributed by atoms with van der Waals surface area (Å²) in [6.45, 7) is 2.72. The van der Waals surface area contributed by atoms with Crippen LogP contribution in [0.4, 0.5) is 0 Å². The molecule has 28 heavy (non-hydrogen) atoms. The molecule has 0 saturated carbocycles. The van der Waals surface area contributed by atoms with Crippen molar-refractivity contribution in [1.82, 2.24) is 10.2 Å². The number of methoxy groups -OCH3 is 1. The zero-order chi connectivity index (χ0) is 19.3. The highest BCUT2D eigenvalue weighted by Crippen LogP contribution is 2.29. The number of hydrogen-bond acceptors (Lipinski definition) is 4. The number of benzene rings is 2. The summed E-state index contributed by atoms with van der Waals surface area (Å²) in [6.07, 6.45) is 3.91. The van der Waals surface area contributed by atoms with E-state index in [0.717, 1.165) is 30.2 Å². The first-order chi connectivity index (χ1) is 13.7. The normalized spacial score (nSPS) is 20.1. The summed E-state index contributed by atoms with van der Waals surface area (Å²) in [4.78, 5) is 15.2. The fraction of sp³-hybridized carbons (Fsp3) is 0.435. The van der Waals surface area contributed by atoms with E-state index in [1.165, 1.54) is 24.8 Å². The lowest BCUT2D eigenvalue weighted by molar-refractivity contribution is -0.127. The summed E-state index contributed by atoms with van der Waals surface area (Å²) >= 11 is 0. The van der Waals surface area contributed by atoms with Gasteiger partial charge in [0.2, 0.25) is 0 Å². The van der Waals surface area contributed by atoms with Crippen LogP contribution in [0.3, 0.4) is 0 Å². The average Bonchev–Trinajstić information content (AvgIpc) is 3.19. The maximum atomic E-state index is 12.8. The topological polar surface area (TPSA) is 50.8 Å². The van der Waals surface area contributed by atoms with Crippen molar-refractivity contribution in [2.45, 2.75) is 37.8 Å². The standard InChI is InChI=1S/C23H28N2O3/c1-27-19-11-9-17(10-12-19)20(25-13-5-2-6-14-25)16-24-23(26)22-15-18-7-3-4-8-21(18)28-22/h3-4,7-12,20,22H,2,5-6,13-16H2,1H3,(H,24,26)/t20-,22+/m0/s1. The fourth-order valence-corrected chi connectivity index (χ4v) is 4.15. The second kappa shape index (κ2) is 8.65. The van der Waals surface area contributed by atoms with Crippen molar-refractivity contribution in [2.75, 3.05) is 26.7 Å². The Labute approximate surface area is 166 Å². The largest absolute Gasteiger partial charge is 0.497 e. The van der Waals surface area contributed by atoms with Crippen LogP contribution >= 0.6 is 0 Å². The zero-order valence-corrected chi connectivity index (χ0v) is 16.4. The van der Waals surface area contributed by atoms with Crippen molar-refractivity contribution in [3.05, 3.63) is 59.7 Å². The molecule has 2 aromatic rings. The Bertz CT molecular complexity index is 775. The smallest absolute Gasteiger partial charge is 0.261 e. The summed E-state index contributed by atoms with van der Waals surface area (Å²) in [5.41, 5.74) is 2.31. The minimum absolute atomic E-state index is 0.0354. The Hall–Kier alpha value is -2.53. The molecule has 2 aliphatic rings. The molecule has 5 heteroatoms. The Morgan fingerprint density at radius 2 is 1.89 bits per heavy atom. The Morgan fingerprint density at radius 3 is 2.61 bits per heavy atom. The molecule has 0 bridgehead atoms. The van der Waals surface area contributed by atoms with Gasteiger partial charge >= 0.3 is 0 Å². The average molecular weight is 380 g/mol. The van der Waals surface area contributed by atoms with Crippen molar-refractivity contribution in [2.24, 2.45) is 0 Å². The molecule has 1 saturated heterocycles. The van der Waals surface area contributed by atoms with Crippen LogP contribution in [0, 0.1) is 0 Å². The van der Waals surface area contributed by atoms with E-state index in [4.69, 9.17) is 9.47 Å². The zero-order valence-electron chi connectivity index (χ0n) is 16.4. The van der Waals surface area contributed by atoms with E-state index in [-0.39, 0.29) is 11.9 Å². The first-order valence-corrected chi connectivity index (χ1v) is 10.1. The van der Waals surface area contributed by atoms with Gasteiger partial charge in [-0.15, -0.1) is 0 Å². The number of rotatable bonds is 6. The molecule has 148 valence electrons. The predicted molar refractivity (Wildman–Crippen MR) is 109 cm³/mol. The van der Waals surface area contributed by atoms with Crippen molar-refractivity contribution < 1.29 is 14.3 Å². The van der Waals surface area contributed by atoms with Gasteiger partial charge in [-0.25, -0.2) is 0 Å². The molecule has 4 rings (SSSR count). The van der Waals surface area contributed by atoms with Gasteiger partial charge in [0.05, 0.1) is 13.2 Å². The van der Waals surface area contributed by atoms with Gasteiger partial charge in [0.25, 0.3) is 5.91 Å². The van der Waals surface area contributed by atoms with E-state index in [1.807, 2.05) is 36.4 Å². The molecule has 2 aromatic carbocycles. The minimum atomic E-state index is -0.435. The van der Waals surface area contributed by atoms with E-state index in [9.17, 15) is 4.79 Å². The molecule has 0 aromatic heterocycles. The van der Waals surface area contributed by atoms with Crippen molar-refractivity contribution in [3.63, 3.8) is 0 Å². The van der Waals surface area contributed by atoms with Gasteiger partial charge in [-0.1, -0.05) is 36.8 Å². The Balaban J connectivity index is 1.42. The number of carbonyl (C=O) groups excluding carboxylic acids is 1. The maximum Gasteiger partial charge on any atom is 0.261 e. The SMILES string of the molecule is COc1ccc([C@H](CNC(=O)[C@H]2Cc3ccccc3O2)N2CCCCC2)cc1. The van der Waals surface area contributed by atoms with E-state index in [2.05, 4.69) is 22.3 Å². The van der Waals surface area contributed by atoms with Crippen molar-refractivity contribution >= 4 is 5.91 Å². The van der Waals surface area contributed by atoms with Crippen LogP contribution in [-0.4, -0.2) is 43.7 Å². The van der Waals surface area contributed by atoms with Gasteiger partial charge in [0.15, 0.2) is 6.10 Å². The van der Waals surface area contributed by atoms with Crippen molar-refractivity contribution in [1.29, 1.82) is 0 Å². The molecule has 0 spiro atoms. The third kappa shape index (κ3) is 4.14. The van der Waals surface area contributed by atoms with Crippen LogP contribution in [0.1, 0.15) is 36.4 Å². The van der Waals surface area contributed by atoms with Crippen LogP contribution in [0.5, 0.6) is 11.5 Å². The summed E-state index contributed by atoms with van der Waals surface area (Å²) < 4.78 is 11.1. The summed E-state index contributed by atoms with van der Waals surface area (Å²) in [5, 5.41) is 3.15. The minimum Gasteiger partial charge on any atom is -0.497 e. The van der Waals surface area contributed by atoms with Gasteiger partial charge in [0.1, 0.15) is 11.5 Å². The van der Waals surface area contributed by atoms with Gasteiger partial charge in [-0.2, -0.15) is 0 Å². The number of fused-ring (bicyclic) bond motifs is 1. The van der Waals surface area contributed by atoms with Gasteiger partial charge in [-0.05, 0) is 55.3 Å². The number of piperidine rings is 1. The Kier molecular flexibility index (Phi) is 5.81. The first-order valence-electron chi connectivity index (χ1n) is 10.1. The molecule has 0 aliphatic carbocycles. The summed E-state index contributed by atoms with van der Waals surface area (Å²) in [6, 6.07) is 16.2. The molecule has 1 fully saturated rings. The summed E-state index contributed by atoms with van der Waals surface area (Å²) in [5.74, 6) is 1.64. The number of ether oxygens (including phenoxy) is 2. The molecule has 2 heterocycles. The molecular formula is C23H28N2O3. The molecule has 5 nitrogen and oxygen atoms in total. The molecule has 2 aliphatic heterocycles. The summed E-state index contributed by atoms with van der Waals surface area (Å²) in [7, 11) is 1.68.